The van der Waals surface area contributed by atoms with E-state index in [0.717, 1.165) is 0 Å². The van der Waals surface area contributed by atoms with E-state index in [1.54, 1.807) is 9.00 Å². The van der Waals surface area contributed by atoms with Gasteiger partial charge in [0.05, 0.1) is 20.2 Å². The molecule has 2 aromatic heterocycles. The van der Waals surface area contributed by atoms with Gasteiger partial charge in [0.25, 0.3) is 0 Å². The fourth-order valence-electron chi connectivity index (χ4n) is 1.87. The van der Waals surface area contributed by atoms with Crippen molar-refractivity contribution in [1.82, 2.24) is 0 Å². The average Bonchev–Trinajstić information content (AvgIpc) is 2.64. The third-order valence-electron chi connectivity index (χ3n) is 2.79. The van der Waals surface area contributed by atoms with Gasteiger partial charge in [-0.05, 0) is 31.9 Å². The van der Waals surface area contributed by atoms with Crippen LogP contribution in [0.15, 0.2) is 8.95 Å². The second kappa shape index (κ2) is 4.81. The molecule has 0 saturated carbocycles. The molecule has 2 aromatic rings. The molecule has 0 fully saturated rings. The second-order valence-electron chi connectivity index (χ2n) is 6.65. The Balaban J connectivity index is 2.73. The summed E-state index contributed by atoms with van der Waals surface area (Å²) in [6.07, 6.45) is 0. The Kier molecular flexibility index (Phi) is 4.12. The number of fused-ring (bicyclic) bond motifs is 1. The SMILES string of the molecule is C[Si](C)(C)c1sc2sc([Si](C)(C)C)c(Br)c2c1Br. The lowest BCUT2D eigenvalue weighted by molar-refractivity contribution is 1.76. The minimum Gasteiger partial charge on any atom is -0.133 e. The molecule has 0 saturated heterocycles. The maximum absolute atomic E-state index is 3.86. The van der Waals surface area contributed by atoms with Crippen molar-refractivity contribution in [3.8, 4) is 0 Å². The summed E-state index contributed by atoms with van der Waals surface area (Å²) in [4.78, 5) is 0. The Bertz CT molecular complexity index is 551. The molecular weight excluding hydrogens is 424 g/mol. The second-order valence-corrected chi connectivity index (χ2v) is 21.3. The highest BCUT2D eigenvalue weighted by Gasteiger charge is 2.30. The highest BCUT2D eigenvalue weighted by Crippen LogP contribution is 2.40. The number of halogens is 2. The molecule has 0 aliphatic carbocycles. The molecule has 0 aromatic carbocycles. The van der Waals surface area contributed by atoms with Crippen molar-refractivity contribution in [3.05, 3.63) is 8.95 Å². The maximum atomic E-state index is 3.86. The molecule has 0 radical (unpaired) electrons. The van der Waals surface area contributed by atoms with Crippen molar-refractivity contribution in [2.24, 2.45) is 0 Å². The van der Waals surface area contributed by atoms with Crippen molar-refractivity contribution < 1.29 is 0 Å². The van der Waals surface area contributed by atoms with Crippen molar-refractivity contribution in [1.29, 1.82) is 0 Å². The predicted octanol–water partition coefficient (Wildman–Crippen LogP) is 5.58. The Morgan fingerprint density at radius 3 is 1.28 bits per heavy atom. The summed E-state index contributed by atoms with van der Waals surface area (Å²) in [5, 5.41) is 1.43. The van der Waals surface area contributed by atoms with Gasteiger partial charge in [-0.1, -0.05) is 39.3 Å². The van der Waals surface area contributed by atoms with E-state index in [9.17, 15) is 0 Å². The summed E-state index contributed by atoms with van der Waals surface area (Å²) in [6, 6.07) is 0. The van der Waals surface area contributed by atoms with E-state index in [4.69, 9.17) is 0 Å². The van der Waals surface area contributed by atoms with E-state index < -0.39 is 16.1 Å². The molecule has 0 amide bonds. The van der Waals surface area contributed by atoms with Gasteiger partial charge in [0.1, 0.15) is 0 Å². The van der Waals surface area contributed by atoms with Crippen LogP contribution in [-0.4, -0.2) is 16.1 Å². The van der Waals surface area contributed by atoms with Crippen LogP contribution in [0.5, 0.6) is 0 Å². The summed E-state index contributed by atoms with van der Waals surface area (Å²) in [6.45, 7) is 14.5. The van der Waals surface area contributed by atoms with Crippen LogP contribution in [0, 0.1) is 0 Å². The average molecular weight is 442 g/mol. The molecule has 0 aliphatic rings. The lowest BCUT2D eigenvalue weighted by Gasteiger charge is -2.16. The first-order valence-corrected chi connectivity index (χ1v) is 16.2. The predicted molar refractivity (Wildman–Crippen MR) is 101 cm³/mol. The third kappa shape index (κ3) is 2.61. The van der Waals surface area contributed by atoms with Crippen LogP contribution >= 0.6 is 54.5 Å². The van der Waals surface area contributed by atoms with Gasteiger partial charge in [-0.2, -0.15) is 0 Å². The Hall–Kier alpha value is 1.05. The molecule has 0 spiro atoms. The third-order valence-corrected chi connectivity index (χ3v) is 15.2. The molecule has 0 unspecified atom stereocenters. The Morgan fingerprint density at radius 2 is 1.06 bits per heavy atom. The molecule has 0 aliphatic heterocycles. The smallest absolute Gasteiger partial charge is 0.0920 e. The van der Waals surface area contributed by atoms with E-state index in [2.05, 4.69) is 71.1 Å². The topological polar surface area (TPSA) is 0 Å². The van der Waals surface area contributed by atoms with Gasteiger partial charge in [0.2, 0.25) is 0 Å². The first kappa shape index (κ1) is 15.4. The van der Waals surface area contributed by atoms with Crippen molar-refractivity contribution >= 4 is 89.1 Å². The fourth-order valence-corrected chi connectivity index (χ4v) is 14.6. The van der Waals surface area contributed by atoms with Gasteiger partial charge in [-0.3, -0.25) is 0 Å². The van der Waals surface area contributed by atoms with Gasteiger partial charge >= 0.3 is 0 Å². The van der Waals surface area contributed by atoms with Crippen LogP contribution in [0.4, 0.5) is 0 Å². The van der Waals surface area contributed by atoms with Gasteiger partial charge in [-0.15, -0.1) is 22.7 Å². The number of hydrogen-bond donors (Lipinski definition) is 0. The molecule has 6 heteroatoms. The maximum Gasteiger partial charge on any atom is 0.0920 e. The van der Waals surface area contributed by atoms with Gasteiger partial charge < -0.3 is 0 Å². The molecule has 18 heavy (non-hydrogen) atoms. The minimum absolute atomic E-state index is 1.24. The van der Waals surface area contributed by atoms with Gasteiger partial charge in [0.15, 0.2) is 0 Å². The Labute approximate surface area is 136 Å². The van der Waals surface area contributed by atoms with E-state index in [1.165, 1.54) is 18.3 Å². The standard InChI is InChI=1S/C12H18Br2S2Si2/c1-17(2,3)11-8(13)7-9(14)12(18(4,5)6)16-10(7)15-11/h1-6H3. The monoisotopic (exact) mass is 440 g/mol. The molecule has 2 rings (SSSR count). The summed E-state index contributed by atoms with van der Waals surface area (Å²) >= 11 is 11.7. The summed E-state index contributed by atoms with van der Waals surface area (Å²) in [5.74, 6) is 0. The zero-order chi connectivity index (χ0) is 13.9. The summed E-state index contributed by atoms with van der Waals surface area (Å²) < 4.78 is 7.38. The normalized spacial score (nSPS) is 13.6. The molecule has 0 N–H and O–H groups in total. The van der Waals surface area contributed by atoms with Crippen LogP contribution in [0.1, 0.15) is 0 Å². The largest absolute Gasteiger partial charge is 0.133 e. The quantitative estimate of drug-likeness (QED) is 0.533. The number of thiophene rings is 2. The van der Waals surface area contributed by atoms with Crippen LogP contribution in [-0.2, 0) is 0 Å². The van der Waals surface area contributed by atoms with Crippen molar-refractivity contribution in [3.63, 3.8) is 0 Å². The molecule has 100 valence electrons. The van der Waals surface area contributed by atoms with E-state index >= 15 is 0 Å². The molecular formula is C12H18Br2S2Si2. The molecule has 2 heterocycles. The van der Waals surface area contributed by atoms with Crippen LogP contribution in [0.25, 0.3) is 9.40 Å². The summed E-state index contributed by atoms with van der Waals surface area (Å²) in [5.41, 5.74) is 0. The van der Waals surface area contributed by atoms with Gasteiger partial charge in [-0.25, -0.2) is 0 Å². The van der Waals surface area contributed by atoms with E-state index in [-0.39, 0.29) is 0 Å². The Morgan fingerprint density at radius 1 is 0.722 bits per heavy atom. The zero-order valence-electron chi connectivity index (χ0n) is 11.6. The molecule has 0 nitrogen and oxygen atoms in total. The van der Waals surface area contributed by atoms with E-state index in [1.807, 2.05) is 22.7 Å². The lowest BCUT2D eigenvalue weighted by atomic mass is 10.4. The highest BCUT2D eigenvalue weighted by atomic mass is 79.9. The molecule has 0 atom stereocenters. The number of rotatable bonds is 2. The lowest BCUT2D eigenvalue weighted by Crippen LogP contribution is -2.37. The van der Waals surface area contributed by atoms with Crippen molar-refractivity contribution in [2.75, 3.05) is 0 Å². The van der Waals surface area contributed by atoms with Gasteiger partial charge in [0, 0.05) is 23.3 Å². The summed E-state index contributed by atoms with van der Waals surface area (Å²) in [7, 11) is -2.48. The fraction of sp³-hybridized carbons (Fsp3) is 0.500. The minimum atomic E-state index is -1.24. The highest BCUT2D eigenvalue weighted by molar-refractivity contribution is 9.11. The molecule has 0 bridgehead atoms. The number of hydrogen-bond acceptors (Lipinski definition) is 2. The van der Waals surface area contributed by atoms with Crippen LogP contribution in [0.2, 0.25) is 39.3 Å². The first-order chi connectivity index (χ1) is 8.03. The van der Waals surface area contributed by atoms with Crippen molar-refractivity contribution in [2.45, 2.75) is 39.3 Å². The zero-order valence-corrected chi connectivity index (χ0v) is 18.4. The van der Waals surface area contributed by atoms with Crippen LogP contribution in [0.3, 0.4) is 0 Å². The van der Waals surface area contributed by atoms with E-state index in [0.29, 0.717) is 0 Å². The first-order valence-electron chi connectivity index (χ1n) is 5.94. The van der Waals surface area contributed by atoms with Crippen LogP contribution < -0.4 is 9.00 Å².